The molecule has 0 aromatic heterocycles. The van der Waals surface area contributed by atoms with Crippen LogP contribution in [0.5, 0.6) is 0 Å². The Balaban J connectivity index is 2.88. The van der Waals surface area contributed by atoms with E-state index in [-0.39, 0.29) is 12.6 Å². The lowest BCUT2D eigenvalue weighted by Gasteiger charge is -2.05. The SMILES string of the molecule is CCSCCC(N)CO. The summed E-state index contributed by atoms with van der Waals surface area (Å²) in [4.78, 5) is 0. The van der Waals surface area contributed by atoms with Gasteiger partial charge in [-0.25, -0.2) is 0 Å². The predicted octanol–water partition coefficient (Wildman–Crippen LogP) is 0.449. The van der Waals surface area contributed by atoms with Gasteiger partial charge in [-0.05, 0) is 17.9 Å². The summed E-state index contributed by atoms with van der Waals surface area (Å²) in [6.45, 7) is 2.24. The highest BCUT2D eigenvalue weighted by molar-refractivity contribution is 7.99. The van der Waals surface area contributed by atoms with Crippen molar-refractivity contribution in [3.8, 4) is 0 Å². The summed E-state index contributed by atoms with van der Waals surface area (Å²) in [6.07, 6.45) is 0.926. The average Bonchev–Trinajstić information content (AvgIpc) is 1.89. The van der Waals surface area contributed by atoms with Gasteiger partial charge in [-0.1, -0.05) is 6.92 Å². The van der Waals surface area contributed by atoms with Crippen LogP contribution >= 0.6 is 11.8 Å². The van der Waals surface area contributed by atoms with E-state index in [0.717, 1.165) is 17.9 Å². The number of nitrogens with two attached hydrogens (primary N) is 1. The molecule has 0 aliphatic carbocycles. The molecule has 0 aromatic rings. The number of aliphatic hydroxyl groups excluding tert-OH is 1. The average molecular weight is 149 g/mol. The smallest absolute Gasteiger partial charge is 0.0582 e. The second-order valence-electron chi connectivity index (χ2n) is 1.93. The highest BCUT2D eigenvalue weighted by Gasteiger charge is 1.97. The standard InChI is InChI=1S/C6H15NOS/c1-2-9-4-3-6(7)5-8/h6,8H,2-5,7H2,1H3. The molecule has 3 N–H and O–H groups in total. The van der Waals surface area contributed by atoms with Gasteiger partial charge in [-0.2, -0.15) is 11.8 Å². The van der Waals surface area contributed by atoms with E-state index < -0.39 is 0 Å². The number of thioether (sulfide) groups is 1. The third-order valence-electron chi connectivity index (χ3n) is 1.07. The van der Waals surface area contributed by atoms with Crippen molar-refractivity contribution < 1.29 is 5.11 Å². The van der Waals surface area contributed by atoms with Crippen LogP contribution in [0.1, 0.15) is 13.3 Å². The lowest BCUT2D eigenvalue weighted by molar-refractivity contribution is 0.264. The molecule has 0 aromatic carbocycles. The van der Waals surface area contributed by atoms with Gasteiger partial charge in [0, 0.05) is 6.04 Å². The Kier molecular flexibility index (Phi) is 6.58. The van der Waals surface area contributed by atoms with Crippen molar-refractivity contribution in [2.24, 2.45) is 5.73 Å². The van der Waals surface area contributed by atoms with Gasteiger partial charge in [0.05, 0.1) is 6.61 Å². The number of hydrogen-bond donors (Lipinski definition) is 2. The van der Waals surface area contributed by atoms with E-state index in [1.807, 2.05) is 11.8 Å². The minimum atomic E-state index is -0.0101. The zero-order valence-corrected chi connectivity index (χ0v) is 6.66. The molecule has 3 heteroatoms. The number of aliphatic hydroxyl groups is 1. The Hall–Kier alpha value is 0.270. The maximum Gasteiger partial charge on any atom is 0.0582 e. The first-order chi connectivity index (χ1) is 4.31. The van der Waals surface area contributed by atoms with E-state index in [1.165, 1.54) is 0 Å². The fourth-order valence-electron chi connectivity index (χ4n) is 0.470. The predicted molar refractivity (Wildman–Crippen MR) is 42.7 cm³/mol. The Labute approximate surface area is 60.8 Å². The zero-order chi connectivity index (χ0) is 7.11. The molecule has 56 valence electrons. The van der Waals surface area contributed by atoms with Gasteiger partial charge in [0.1, 0.15) is 0 Å². The summed E-state index contributed by atoms with van der Waals surface area (Å²) in [7, 11) is 0. The first-order valence-electron chi connectivity index (χ1n) is 3.25. The molecule has 1 atom stereocenters. The van der Waals surface area contributed by atoms with Crippen molar-refractivity contribution in [2.75, 3.05) is 18.1 Å². The molecule has 0 bridgehead atoms. The molecule has 2 nitrogen and oxygen atoms in total. The molecule has 9 heavy (non-hydrogen) atoms. The Morgan fingerprint density at radius 1 is 1.67 bits per heavy atom. The molecule has 0 saturated heterocycles. The van der Waals surface area contributed by atoms with E-state index in [4.69, 9.17) is 10.8 Å². The van der Waals surface area contributed by atoms with Gasteiger partial charge >= 0.3 is 0 Å². The number of rotatable bonds is 5. The third-order valence-corrected chi connectivity index (χ3v) is 2.00. The molecule has 0 saturated carbocycles. The highest BCUT2D eigenvalue weighted by Crippen LogP contribution is 2.01. The molecule has 0 radical (unpaired) electrons. The van der Waals surface area contributed by atoms with Crippen molar-refractivity contribution in [3.05, 3.63) is 0 Å². The van der Waals surface area contributed by atoms with Crippen LogP contribution in [0, 0.1) is 0 Å². The summed E-state index contributed by atoms with van der Waals surface area (Å²) >= 11 is 1.86. The zero-order valence-electron chi connectivity index (χ0n) is 5.84. The van der Waals surface area contributed by atoms with Crippen LogP contribution in [0.15, 0.2) is 0 Å². The molecule has 0 aliphatic rings. The van der Waals surface area contributed by atoms with Gasteiger partial charge in [0.15, 0.2) is 0 Å². The van der Waals surface area contributed by atoms with Crippen molar-refractivity contribution in [3.63, 3.8) is 0 Å². The van der Waals surface area contributed by atoms with Gasteiger partial charge in [-0.3, -0.25) is 0 Å². The number of hydrogen-bond acceptors (Lipinski definition) is 3. The van der Waals surface area contributed by atoms with E-state index >= 15 is 0 Å². The largest absolute Gasteiger partial charge is 0.395 e. The second-order valence-corrected chi connectivity index (χ2v) is 3.32. The molecule has 0 heterocycles. The maximum absolute atomic E-state index is 8.50. The Bertz CT molecular complexity index is 61.0. The lowest BCUT2D eigenvalue weighted by atomic mass is 10.3. The van der Waals surface area contributed by atoms with Gasteiger partial charge in [-0.15, -0.1) is 0 Å². The minimum absolute atomic E-state index is 0.0101. The van der Waals surface area contributed by atoms with Crippen LogP contribution in [0.4, 0.5) is 0 Å². The maximum atomic E-state index is 8.50. The van der Waals surface area contributed by atoms with Gasteiger partial charge in [0.25, 0.3) is 0 Å². The van der Waals surface area contributed by atoms with Crippen molar-refractivity contribution in [1.82, 2.24) is 0 Å². The molecule has 0 amide bonds. The van der Waals surface area contributed by atoms with Crippen molar-refractivity contribution in [1.29, 1.82) is 0 Å². The molecular formula is C6H15NOS. The lowest BCUT2D eigenvalue weighted by Crippen LogP contribution is -2.24. The summed E-state index contributed by atoms with van der Waals surface area (Å²) in [5, 5.41) is 8.50. The van der Waals surface area contributed by atoms with E-state index in [2.05, 4.69) is 6.92 Å². The van der Waals surface area contributed by atoms with Crippen LogP contribution in [0.2, 0.25) is 0 Å². The first-order valence-corrected chi connectivity index (χ1v) is 4.41. The van der Waals surface area contributed by atoms with Crippen LogP contribution in [-0.4, -0.2) is 29.3 Å². The van der Waals surface area contributed by atoms with Crippen LogP contribution in [0.25, 0.3) is 0 Å². The molecule has 0 fully saturated rings. The Morgan fingerprint density at radius 3 is 2.78 bits per heavy atom. The fraction of sp³-hybridized carbons (Fsp3) is 1.00. The monoisotopic (exact) mass is 149 g/mol. The van der Waals surface area contributed by atoms with Crippen LogP contribution < -0.4 is 5.73 Å². The molecule has 1 unspecified atom stereocenters. The minimum Gasteiger partial charge on any atom is -0.395 e. The molecule has 0 aliphatic heterocycles. The van der Waals surface area contributed by atoms with Gasteiger partial charge in [0.2, 0.25) is 0 Å². The topological polar surface area (TPSA) is 46.2 Å². The van der Waals surface area contributed by atoms with Crippen LogP contribution in [-0.2, 0) is 0 Å². The summed E-state index contributed by atoms with van der Waals surface area (Å²) in [5.41, 5.74) is 5.45. The van der Waals surface area contributed by atoms with Crippen molar-refractivity contribution >= 4 is 11.8 Å². The second kappa shape index (κ2) is 6.39. The summed E-state index contributed by atoms with van der Waals surface area (Å²) in [5.74, 6) is 2.20. The van der Waals surface area contributed by atoms with E-state index in [1.54, 1.807) is 0 Å². The third kappa shape index (κ3) is 6.15. The molecular weight excluding hydrogens is 134 g/mol. The first kappa shape index (κ1) is 9.27. The quantitative estimate of drug-likeness (QED) is 0.558. The summed E-state index contributed by atoms with van der Waals surface area (Å²) in [6, 6.07) is -0.0101. The normalized spacial score (nSPS) is 13.7. The highest BCUT2D eigenvalue weighted by atomic mass is 32.2. The summed E-state index contributed by atoms with van der Waals surface area (Å²) < 4.78 is 0. The van der Waals surface area contributed by atoms with E-state index in [0.29, 0.717) is 0 Å². The van der Waals surface area contributed by atoms with Crippen molar-refractivity contribution in [2.45, 2.75) is 19.4 Å². The van der Waals surface area contributed by atoms with Gasteiger partial charge < -0.3 is 10.8 Å². The Morgan fingerprint density at radius 2 is 2.33 bits per heavy atom. The van der Waals surface area contributed by atoms with E-state index in [9.17, 15) is 0 Å². The molecule has 0 rings (SSSR count). The molecule has 0 spiro atoms. The fourth-order valence-corrected chi connectivity index (χ4v) is 1.23. The van der Waals surface area contributed by atoms with Crippen LogP contribution in [0.3, 0.4) is 0 Å².